The van der Waals surface area contributed by atoms with E-state index >= 15 is 0 Å². The van der Waals surface area contributed by atoms with Crippen LogP contribution in [-0.2, 0) is 4.79 Å². The summed E-state index contributed by atoms with van der Waals surface area (Å²) in [7, 11) is 1.88. The smallest absolute Gasteiger partial charge is 0.219 e. The van der Waals surface area contributed by atoms with Crippen LogP contribution in [0.1, 0.15) is 27.2 Å². The predicted molar refractivity (Wildman–Crippen MR) is 77.2 cm³/mol. The number of carbonyl (C=O) groups is 1. The number of carbonyl (C=O) groups excluding carboxylic acids is 1. The summed E-state index contributed by atoms with van der Waals surface area (Å²) in [5, 5.41) is 0. The Bertz CT molecular complexity index is 416. The molecule has 17 heavy (non-hydrogen) atoms. The van der Waals surface area contributed by atoms with E-state index in [1.54, 1.807) is 6.92 Å². The SMILES string of the molecule is CC(=O)N(C)C1CC2=C(C)C(I)N=C(C)N2C1. The first kappa shape index (κ1) is 12.9. The van der Waals surface area contributed by atoms with E-state index in [1.165, 1.54) is 11.3 Å². The van der Waals surface area contributed by atoms with Gasteiger partial charge in [-0.1, -0.05) is 22.6 Å². The monoisotopic (exact) mass is 347 g/mol. The number of hydrogen-bond donors (Lipinski definition) is 0. The summed E-state index contributed by atoms with van der Waals surface area (Å²) in [6.07, 6.45) is 0.953. The van der Waals surface area contributed by atoms with Crippen molar-refractivity contribution >= 4 is 34.3 Å². The summed E-state index contributed by atoms with van der Waals surface area (Å²) in [5.74, 6) is 1.21. The zero-order valence-electron chi connectivity index (χ0n) is 10.7. The highest BCUT2D eigenvalue weighted by Crippen LogP contribution is 2.34. The quantitative estimate of drug-likeness (QED) is 0.413. The number of alkyl halides is 1. The third kappa shape index (κ3) is 2.21. The highest BCUT2D eigenvalue weighted by atomic mass is 127. The molecule has 0 N–H and O–H groups in total. The molecule has 2 atom stereocenters. The minimum Gasteiger partial charge on any atom is -0.341 e. The zero-order chi connectivity index (χ0) is 12.7. The summed E-state index contributed by atoms with van der Waals surface area (Å²) >= 11 is 2.36. The third-order valence-electron chi connectivity index (χ3n) is 3.70. The second-order valence-corrected chi connectivity index (χ2v) is 5.92. The molecular formula is C12H18IN3O. The maximum absolute atomic E-state index is 11.4. The molecule has 2 aliphatic rings. The Morgan fingerprint density at radius 2 is 2.18 bits per heavy atom. The lowest BCUT2D eigenvalue weighted by Gasteiger charge is -2.28. The number of nitrogens with zero attached hydrogens (tertiary/aromatic N) is 3. The minimum absolute atomic E-state index is 0.133. The molecule has 2 heterocycles. The van der Waals surface area contributed by atoms with Crippen molar-refractivity contribution in [3.8, 4) is 0 Å². The number of likely N-dealkylation sites (N-methyl/N-ethyl adjacent to an activating group) is 1. The van der Waals surface area contributed by atoms with Crippen LogP contribution in [-0.4, -0.2) is 45.2 Å². The average molecular weight is 347 g/mol. The minimum atomic E-state index is 0.133. The van der Waals surface area contributed by atoms with Gasteiger partial charge in [-0.05, 0) is 19.4 Å². The summed E-state index contributed by atoms with van der Waals surface area (Å²) in [6.45, 7) is 6.70. The Balaban J connectivity index is 2.25. The zero-order valence-corrected chi connectivity index (χ0v) is 12.9. The second kappa shape index (κ2) is 4.59. The number of halogens is 1. The lowest BCUT2D eigenvalue weighted by molar-refractivity contribution is -0.129. The normalized spacial score (nSPS) is 28.1. The van der Waals surface area contributed by atoms with Crippen molar-refractivity contribution in [1.29, 1.82) is 0 Å². The molecule has 0 spiro atoms. The number of amidine groups is 1. The van der Waals surface area contributed by atoms with Crippen molar-refractivity contribution in [3.63, 3.8) is 0 Å². The molecule has 0 aromatic heterocycles. The highest BCUT2D eigenvalue weighted by molar-refractivity contribution is 14.1. The second-order valence-electron chi connectivity index (χ2n) is 4.74. The van der Waals surface area contributed by atoms with Gasteiger partial charge in [0.05, 0.1) is 6.04 Å². The van der Waals surface area contributed by atoms with Gasteiger partial charge in [0.2, 0.25) is 5.91 Å². The van der Waals surface area contributed by atoms with Gasteiger partial charge in [0, 0.05) is 32.6 Å². The van der Waals surface area contributed by atoms with Crippen molar-refractivity contribution in [1.82, 2.24) is 9.80 Å². The molecule has 1 amide bonds. The maximum atomic E-state index is 11.4. The number of rotatable bonds is 1. The first-order valence-corrected chi connectivity index (χ1v) is 7.05. The van der Waals surface area contributed by atoms with Crippen LogP contribution in [0.5, 0.6) is 0 Å². The Labute approximate surface area is 116 Å². The molecule has 1 fully saturated rings. The molecule has 0 aromatic rings. The van der Waals surface area contributed by atoms with E-state index in [0.717, 1.165) is 18.8 Å². The van der Waals surface area contributed by atoms with E-state index in [0.29, 0.717) is 0 Å². The molecule has 94 valence electrons. The average Bonchev–Trinajstić information content (AvgIpc) is 2.70. The van der Waals surface area contributed by atoms with Crippen molar-refractivity contribution in [2.24, 2.45) is 4.99 Å². The fraction of sp³-hybridized carbons (Fsp3) is 0.667. The van der Waals surface area contributed by atoms with E-state index in [1.807, 2.05) is 18.9 Å². The molecule has 0 saturated carbocycles. The first-order valence-electron chi connectivity index (χ1n) is 5.81. The van der Waals surface area contributed by atoms with Crippen LogP contribution in [0.2, 0.25) is 0 Å². The van der Waals surface area contributed by atoms with E-state index in [4.69, 9.17) is 0 Å². The fourth-order valence-corrected chi connectivity index (χ4v) is 3.17. The number of amides is 1. The van der Waals surface area contributed by atoms with Gasteiger partial charge in [0.25, 0.3) is 0 Å². The van der Waals surface area contributed by atoms with Crippen LogP contribution in [0.25, 0.3) is 0 Å². The van der Waals surface area contributed by atoms with Crippen LogP contribution in [0, 0.1) is 0 Å². The molecule has 2 aliphatic heterocycles. The summed E-state index contributed by atoms with van der Waals surface area (Å²) in [5.41, 5.74) is 2.69. The van der Waals surface area contributed by atoms with Gasteiger partial charge in [-0.2, -0.15) is 0 Å². The fourth-order valence-electron chi connectivity index (χ4n) is 2.40. The molecule has 2 unspecified atom stereocenters. The summed E-state index contributed by atoms with van der Waals surface area (Å²) in [6, 6.07) is 0.282. The number of fused-ring (bicyclic) bond motifs is 1. The summed E-state index contributed by atoms with van der Waals surface area (Å²) < 4.78 is 0.250. The lowest BCUT2D eigenvalue weighted by Crippen LogP contribution is -2.38. The van der Waals surface area contributed by atoms with Crippen LogP contribution in [0.15, 0.2) is 16.3 Å². The summed E-state index contributed by atoms with van der Waals surface area (Å²) in [4.78, 5) is 20.1. The van der Waals surface area contributed by atoms with Crippen molar-refractivity contribution in [2.75, 3.05) is 13.6 Å². The highest BCUT2D eigenvalue weighted by Gasteiger charge is 2.35. The molecule has 1 saturated heterocycles. The maximum Gasteiger partial charge on any atom is 0.219 e. The van der Waals surface area contributed by atoms with Crippen molar-refractivity contribution in [3.05, 3.63) is 11.3 Å². The topological polar surface area (TPSA) is 35.9 Å². The van der Waals surface area contributed by atoms with Crippen LogP contribution >= 0.6 is 22.6 Å². The van der Waals surface area contributed by atoms with E-state index < -0.39 is 0 Å². The Morgan fingerprint density at radius 3 is 2.76 bits per heavy atom. The van der Waals surface area contributed by atoms with Crippen molar-refractivity contribution < 1.29 is 4.79 Å². The Morgan fingerprint density at radius 1 is 1.53 bits per heavy atom. The first-order chi connectivity index (χ1) is 7.91. The molecule has 5 heteroatoms. The predicted octanol–water partition coefficient (Wildman–Crippen LogP) is 2.01. The molecule has 0 radical (unpaired) electrons. The standard InChI is InChI=1S/C12H18IN3O/c1-7-11-5-10(15(4)9(3)17)6-16(11)8(2)14-12(7)13/h10,12H,5-6H2,1-4H3. The van der Waals surface area contributed by atoms with Gasteiger partial charge < -0.3 is 9.80 Å². The Kier molecular flexibility index (Phi) is 3.47. The van der Waals surface area contributed by atoms with Gasteiger partial charge in [-0.3, -0.25) is 9.79 Å². The van der Waals surface area contributed by atoms with E-state index in [9.17, 15) is 4.79 Å². The van der Waals surface area contributed by atoms with Gasteiger partial charge in [-0.15, -0.1) is 0 Å². The van der Waals surface area contributed by atoms with Crippen LogP contribution in [0.3, 0.4) is 0 Å². The molecule has 0 bridgehead atoms. The van der Waals surface area contributed by atoms with Crippen molar-refractivity contribution in [2.45, 2.75) is 37.3 Å². The molecular weight excluding hydrogens is 329 g/mol. The number of aliphatic imine (C=N–C) groups is 1. The van der Waals surface area contributed by atoms with E-state index in [2.05, 4.69) is 39.4 Å². The lowest BCUT2D eigenvalue weighted by atomic mass is 10.1. The molecule has 2 rings (SSSR count). The largest absolute Gasteiger partial charge is 0.341 e. The molecule has 0 aromatic carbocycles. The third-order valence-corrected chi connectivity index (χ3v) is 4.91. The van der Waals surface area contributed by atoms with Crippen LogP contribution in [0.4, 0.5) is 0 Å². The van der Waals surface area contributed by atoms with Gasteiger partial charge in [-0.25, -0.2) is 0 Å². The van der Waals surface area contributed by atoms with Gasteiger partial charge in [0.15, 0.2) is 0 Å². The van der Waals surface area contributed by atoms with Gasteiger partial charge in [0.1, 0.15) is 9.88 Å². The number of hydrogen-bond acceptors (Lipinski definition) is 3. The Hall–Kier alpha value is -0.590. The van der Waals surface area contributed by atoms with E-state index in [-0.39, 0.29) is 16.0 Å². The van der Waals surface area contributed by atoms with Gasteiger partial charge >= 0.3 is 0 Å². The molecule has 0 aliphatic carbocycles. The van der Waals surface area contributed by atoms with Crippen LogP contribution < -0.4 is 0 Å². The molecule has 4 nitrogen and oxygen atoms in total.